The van der Waals surface area contributed by atoms with E-state index in [-0.39, 0.29) is 48.8 Å². The lowest BCUT2D eigenvalue weighted by atomic mass is 10.0. The summed E-state index contributed by atoms with van der Waals surface area (Å²) in [5.41, 5.74) is 9.99. The number of fused-ring (bicyclic) bond motifs is 1. The molecule has 5 atom stereocenters. The van der Waals surface area contributed by atoms with E-state index in [0.717, 1.165) is 56.3 Å². The Balaban J connectivity index is 1.47. The first-order chi connectivity index (χ1) is 28.6. The second-order valence-electron chi connectivity index (χ2n) is 14.9. The predicted molar refractivity (Wildman–Crippen MR) is 227 cm³/mol. The van der Waals surface area contributed by atoms with Crippen LogP contribution in [0.2, 0.25) is 0 Å². The SMILES string of the molecule is COC(=O)[C@H](CSC/C=C(\C)CC/C=C(\C)CNC(=O)C(N=[N+]=[N-])C(F)(F)F)NC(=O)CCCCCNC(=O)CCCCCNC(=O)CCCC[C@@H]1SCC2NC(=O)NC21. The third-order valence-electron chi connectivity index (χ3n) is 9.84. The van der Waals surface area contributed by atoms with Gasteiger partial charge < -0.3 is 36.6 Å². The van der Waals surface area contributed by atoms with Gasteiger partial charge in [0.2, 0.25) is 29.7 Å². The zero-order chi connectivity index (χ0) is 44.3. The van der Waals surface area contributed by atoms with Crippen molar-refractivity contribution in [2.24, 2.45) is 5.11 Å². The molecule has 2 fully saturated rings. The first-order valence-electron chi connectivity index (χ1n) is 20.5. The molecule has 0 aromatic heterocycles. The van der Waals surface area contributed by atoms with Crippen LogP contribution >= 0.6 is 23.5 Å². The molecule has 2 aliphatic rings. The maximum atomic E-state index is 12.9. The summed E-state index contributed by atoms with van der Waals surface area (Å²) in [4.78, 5) is 74.6. The average Bonchev–Trinajstić information content (AvgIpc) is 3.76. The molecule has 21 heteroatoms. The molecule has 6 N–H and O–H groups in total. The number of rotatable bonds is 30. The summed E-state index contributed by atoms with van der Waals surface area (Å²) < 4.78 is 43.4. The highest BCUT2D eigenvalue weighted by Gasteiger charge is 2.44. The number of esters is 1. The molecule has 60 heavy (non-hydrogen) atoms. The average molecular weight is 890 g/mol. The summed E-state index contributed by atoms with van der Waals surface area (Å²) in [7, 11) is 1.26. The van der Waals surface area contributed by atoms with E-state index in [1.54, 1.807) is 13.0 Å². The molecule has 0 aromatic carbocycles. The van der Waals surface area contributed by atoms with Crippen LogP contribution in [0.25, 0.3) is 10.4 Å². The van der Waals surface area contributed by atoms with E-state index < -0.39 is 30.1 Å². The summed E-state index contributed by atoms with van der Waals surface area (Å²) in [5, 5.41) is 19.6. The number of urea groups is 1. The molecule has 0 saturated carbocycles. The topological polar surface area (TPSA) is 233 Å². The van der Waals surface area contributed by atoms with Crippen LogP contribution in [-0.2, 0) is 28.7 Å². The molecule has 0 aromatic rings. The number of carbonyl (C=O) groups excluding carboxylic acids is 6. The van der Waals surface area contributed by atoms with Gasteiger partial charge in [-0.1, -0.05) is 47.7 Å². The van der Waals surface area contributed by atoms with Crippen molar-refractivity contribution in [2.45, 2.75) is 139 Å². The maximum Gasteiger partial charge on any atom is 0.406 e. The van der Waals surface area contributed by atoms with Gasteiger partial charge in [-0.25, -0.2) is 9.59 Å². The van der Waals surface area contributed by atoms with Gasteiger partial charge >= 0.3 is 18.2 Å². The zero-order valence-electron chi connectivity index (χ0n) is 34.8. The minimum Gasteiger partial charge on any atom is -0.467 e. The van der Waals surface area contributed by atoms with Crippen LogP contribution in [0.3, 0.4) is 0 Å². The molecule has 3 unspecified atom stereocenters. The van der Waals surface area contributed by atoms with Gasteiger partial charge in [0.25, 0.3) is 0 Å². The molecule has 16 nitrogen and oxygen atoms in total. The third kappa shape index (κ3) is 21.9. The van der Waals surface area contributed by atoms with E-state index >= 15 is 0 Å². The van der Waals surface area contributed by atoms with E-state index in [1.165, 1.54) is 18.9 Å². The van der Waals surface area contributed by atoms with Crippen molar-refractivity contribution in [3.05, 3.63) is 33.7 Å². The van der Waals surface area contributed by atoms with Crippen molar-refractivity contribution in [3.8, 4) is 0 Å². The van der Waals surface area contributed by atoms with Crippen LogP contribution in [0.1, 0.15) is 104 Å². The number of ether oxygens (including phenoxy) is 1. The predicted octanol–water partition coefficient (Wildman–Crippen LogP) is 5.49. The molecular weight excluding hydrogens is 828 g/mol. The molecule has 2 aliphatic heterocycles. The molecule has 0 radical (unpaired) electrons. The monoisotopic (exact) mass is 889 g/mol. The van der Waals surface area contributed by atoms with Gasteiger partial charge in [0.1, 0.15) is 6.04 Å². The highest BCUT2D eigenvalue weighted by Crippen LogP contribution is 2.33. The van der Waals surface area contributed by atoms with Crippen LogP contribution in [-0.4, -0.2) is 115 Å². The fourth-order valence-corrected chi connectivity index (χ4v) is 8.94. The first kappa shape index (κ1) is 52.0. The van der Waals surface area contributed by atoms with Gasteiger partial charge in [-0.05, 0) is 70.7 Å². The van der Waals surface area contributed by atoms with Crippen molar-refractivity contribution in [1.82, 2.24) is 31.9 Å². The Kier molecular flexibility index (Phi) is 25.3. The van der Waals surface area contributed by atoms with Crippen LogP contribution < -0.4 is 31.9 Å². The number of unbranched alkanes of at least 4 members (excludes halogenated alkanes) is 5. The number of hydrogen-bond acceptors (Lipinski definition) is 10. The third-order valence-corrected chi connectivity index (χ3v) is 12.3. The Morgan fingerprint density at radius 1 is 0.900 bits per heavy atom. The lowest BCUT2D eigenvalue weighted by Crippen LogP contribution is -2.43. The number of carbonyl (C=O) groups is 6. The molecule has 0 aliphatic carbocycles. The lowest BCUT2D eigenvalue weighted by molar-refractivity contribution is -0.162. The van der Waals surface area contributed by atoms with Gasteiger partial charge in [-0.3, -0.25) is 19.2 Å². The van der Waals surface area contributed by atoms with Crippen molar-refractivity contribution >= 4 is 59.2 Å². The summed E-state index contributed by atoms with van der Waals surface area (Å²) in [6.45, 7) is 4.56. The first-order valence-corrected chi connectivity index (χ1v) is 22.7. The molecule has 0 bridgehead atoms. The number of alkyl halides is 3. The Morgan fingerprint density at radius 3 is 2.15 bits per heavy atom. The summed E-state index contributed by atoms with van der Waals surface area (Å²) >= 11 is 3.32. The van der Waals surface area contributed by atoms with E-state index in [2.05, 4.69) is 41.9 Å². The van der Waals surface area contributed by atoms with Gasteiger partial charge in [0.15, 0.2) is 0 Å². The van der Waals surface area contributed by atoms with Gasteiger partial charge in [-0.2, -0.15) is 36.7 Å². The lowest BCUT2D eigenvalue weighted by Gasteiger charge is -2.16. The Hall–Kier alpha value is -4.10. The number of amides is 6. The van der Waals surface area contributed by atoms with Crippen molar-refractivity contribution in [2.75, 3.05) is 44.0 Å². The second kappa shape index (κ2) is 29.2. The van der Waals surface area contributed by atoms with E-state index in [9.17, 15) is 41.9 Å². The van der Waals surface area contributed by atoms with Gasteiger partial charge in [-0.15, -0.1) is 0 Å². The molecule has 2 heterocycles. The Labute approximate surface area is 358 Å². The number of allylic oxidation sites excluding steroid dienone is 2. The number of hydrogen-bond donors (Lipinski definition) is 6. The molecule has 2 saturated heterocycles. The Bertz CT molecular complexity index is 1530. The Morgan fingerprint density at radius 2 is 1.53 bits per heavy atom. The van der Waals surface area contributed by atoms with Crippen LogP contribution in [0.15, 0.2) is 28.4 Å². The summed E-state index contributed by atoms with van der Waals surface area (Å²) in [6.07, 6.45) is 8.32. The van der Waals surface area contributed by atoms with Crippen molar-refractivity contribution in [3.63, 3.8) is 0 Å². The summed E-state index contributed by atoms with van der Waals surface area (Å²) in [6, 6.07) is -3.27. The highest BCUT2D eigenvalue weighted by atomic mass is 32.2. The van der Waals surface area contributed by atoms with E-state index in [4.69, 9.17) is 10.3 Å². The zero-order valence-corrected chi connectivity index (χ0v) is 36.5. The number of halogens is 3. The van der Waals surface area contributed by atoms with Crippen LogP contribution in [0.4, 0.5) is 18.0 Å². The van der Waals surface area contributed by atoms with Crippen molar-refractivity contribution in [1.29, 1.82) is 0 Å². The largest absolute Gasteiger partial charge is 0.467 e. The molecule has 6 amide bonds. The number of nitrogens with zero attached hydrogens (tertiary/aromatic N) is 3. The standard InChI is InChI=1S/C39H62F3N9O7S2/c1-26(13-12-14-27(2)23-46-36(55)35(50-51-43)39(40,41)42)19-22-59-24-29(37(56)58-3)47-33(54)18-7-5-11-21-44-31(52)16-6-4-10-20-45-32(53)17-9-8-15-30-34-28(25-60-30)48-38(57)49-34/h14,19,28-30,34-35H,4-13,15-18,20-25H2,1-3H3,(H,44,52)(H,45,53)(H,46,55)(H,47,54)(H2,48,49,57)/b26-19+,27-14+/t28?,29-,30-,34?,35?/m0/s1. The smallest absolute Gasteiger partial charge is 0.406 e. The minimum atomic E-state index is -4.98. The van der Waals surface area contributed by atoms with Gasteiger partial charge in [0, 0.05) is 66.3 Å². The molecule has 0 spiro atoms. The number of nitrogens with one attached hydrogen (secondary N) is 6. The normalized spacial score (nSPS) is 18.6. The highest BCUT2D eigenvalue weighted by molar-refractivity contribution is 8.00. The maximum absolute atomic E-state index is 12.9. The van der Waals surface area contributed by atoms with E-state index in [1.807, 2.05) is 24.8 Å². The number of methoxy groups -OCH3 is 1. The second-order valence-corrected chi connectivity index (χ2v) is 17.2. The fraction of sp³-hybridized carbons (Fsp3) is 0.744. The summed E-state index contributed by atoms with van der Waals surface area (Å²) in [5.74, 6) is -0.402. The van der Waals surface area contributed by atoms with E-state index in [0.29, 0.717) is 73.9 Å². The van der Waals surface area contributed by atoms with Gasteiger partial charge in [0.05, 0.1) is 19.2 Å². The van der Waals surface area contributed by atoms with Crippen LogP contribution in [0.5, 0.6) is 0 Å². The molecule has 2 rings (SSSR count). The fourth-order valence-electron chi connectivity index (χ4n) is 6.41. The quantitative estimate of drug-likeness (QED) is 0.0102. The molecule has 338 valence electrons. The number of azide groups is 1. The molecular formula is C39H62F3N9O7S2. The van der Waals surface area contributed by atoms with Crippen LogP contribution in [0, 0.1) is 0 Å². The number of thioether (sulfide) groups is 2. The van der Waals surface area contributed by atoms with Crippen molar-refractivity contribution < 1.29 is 46.7 Å². The minimum absolute atomic E-state index is 0.0249.